The third-order valence-electron chi connectivity index (χ3n) is 7.08. The highest BCUT2D eigenvalue weighted by Crippen LogP contribution is 2.48. The summed E-state index contributed by atoms with van der Waals surface area (Å²) in [5.74, 6) is 1.43. The first kappa shape index (κ1) is 24.6. The number of carbonyl (C=O) groups is 2. The molecule has 0 saturated heterocycles. The first-order chi connectivity index (χ1) is 18.0. The molecule has 6 nitrogen and oxygen atoms in total. The van der Waals surface area contributed by atoms with Gasteiger partial charge in [0.1, 0.15) is 11.5 Å². The Kier molecular flexibility index (Phi) is 6.99. The van der Waals surface area contributed by atoms with Crippen molar-refractivity contribution in [2.45, 2.75) is 45.1 Å². The second kappa shape index (κ2) is 10.5. The molecular weight excluding hydrogens is 464 g/mol. The lowest BCUT2D eigenvalue weighted by molar-refractivity contribution is -0.117. The van der Waals surface area contributed by atoms with E-state index in [-0.39, 0.29) is 17.6 Å². The third kappa shape index (κ3) is 4.71. The number of amides is 1. The van der Waals surface area contributed by atoms with E-state index in [0.717, 1.165) is 46.1 Å². The summed E-state index contributed by atoms with van der Waals surface area (Å²) in [6, 6.07) is 22.8. The summed E-state index contributed by atoms with van der Waals surface area (Å²) in [7, 11) is 1.62. The van der Waals surface area contributed by atoms with Gasteiger partial charge in [0.25, 0.3) is 0 Å². The lowest BCUT2D eigenvalue weighted by Crippen LogP contribution is -2.37. The highest BCUT2D eigenvalue weighted by Gasteiger charge is 2.41. The van der Waals surface area contributed by atoms with E-state index in [1.807, 2.05) is 66.7 Å². The van der Waals surface area contributed by atoms with Crippen molar-refractivity contribution in [3.63, 3.8) is 0 Å². The van der Waals surface area contributed by atoms with Gasteiger partial charge in [0.05, 0.1) is 31.1 Å². The number of hydrogen-bond acceptors (Lipinski definition) is 5. The maximum absolute atomic E-state index is 14.0. The van der Waals surface area contributed by atoms with Crippen LogP contribution in [0, 0.1) is 0 Å². The lowest BCUT2D eigenvalue weighted by atomic mass is 9.78. The van der Waals surface area contributed by atoms with Crippen LogP contribution in [0.2, 0.25) is 0 Å². The SMILES string of the molecule is CCCOc1ccccc1[C@H]1CC(=O)C2=C(C1)Nc1ccccc1N(C(C)=O)[C@H]2c1ccc(OC)cc1. The molecule has 37 heavy (non-hydrogen) atoms. The van der Waals surface area contributed by atoms with Crippen LogP contribution in [0.15, 0.2) is 84.1 Å². The molecule has 0 fully saturated rings. The van der Waals surface area contributed by atoms with Crippen molar-refractivity contribution in [2.75, 3.05) is 23.9 Å². The van der Waals surface area contributed by atoms with Crippen molar-refractivity contribution >= 4 is 23.1 Å². The largest absolute Gasteiger partial charge is 0.497 e. The Morgan fingerprint density at radius 3 is 2.46 bits per heavy atom. The van der Waals surface area contributed by atoms with Crippen LogP contribution >= 0.6 is 0 Å². The highest BCUT2D eigenvalue weighted by molar-refractivity contribution is 6.06. The summed E-state index contributed by atoms with van der Waals surface area (Å²) in [5.41, 5.74) is 4.95. The molecular formula is C31H32N2O4. The Morgan fingerprint density at radius 1 is 1.00 bits per heavy atom. The van der Waals surface area contributed by atoms with Gasteiger partial charge in [-0.25, -0.2) is 0 Å². The summed E-state index contributed by atoms with van der Waals surface area (Å²) in [6.45, 7) is 4.26. The number of nitrogens with one attached hydrogen (secondary N) is 1. The molecule has 190 valence electrons. The van der Waals surface area contributed by atoms with Gasteiger partial charge in [-0.15, -0.1) is 0 Å². The summed E-state index contributed by atoms with van der Waals surface area (Å²) >= 11 is 0. The molecule has 1 N–H and O–H groups in total. The van der Waals surface area contributed by atoms with Crippen LogP contribution in [-0.4, -0.2) is 25.4 Å². The molecule has 0 bridgehead atoms. The number of para-hydroxylation sites is 3. The van der Waals surface area contributed by atoms with E-state index in [0.29, 0.717) is 25.0 Å². The van der Waals surface area contributed by atoms with Crippen molar-refractivity contribution in [3.05, 3.63) is 95.2 Å². The van der Waals surface area contributed by atoms with E-state index in [1.165, 1.54) is 0 Å². The van der Waals surface area contributed by atoms with Crippen molar-refractivity contribution in [2.24, 2.45) is 0 Å². The second-order valence-electron chi connectivity index (χ2n) is 9.51. The fourth-order valence-electron chi connectivity index (χ4n) is 5.42. The minimum atomic E-state index is -0.547. The number of nitrogens with zero attached hydrogens (tertiary/aromatic N) is 1. The van der Waals surface area contributed by atoms with Gasteiger partial charge in [0.15, 0.2) is 5.78 Å². The molecule has 0 saturated carbocycles. The lowest BCUT2D eigenvalue weighted by Gasteiger charge is -2.34. The molecule has 0 spiro atoms. The third-order valence-corrected chi connectivity index (χ3v) is 7.08. The van der Waals surface area contributed by atoms with Crippen LogP contribution in [-0.2, 0) is 9.59 Å². The van der Waals surface area contributed by atoms with Crippen molar-refractivity contribution in [1.29, 1.82) is 0 Å². The maximum Gasteiger partial charge on any atom is 0.224 e. The molecule has 3 aromatic rings. The topological polar surface area (TPSA) is 67.9 Å². The number of hydrogen-bond donors (Lipinski definition) is 1. The minimum absolute atomic E-state index is 0.0284. The van der Waals surface area contributed by atoms with E-state index in [1.54, 1.807) is 18.9 Å². The molecule has 1 heterocycles. The van der Waals surface area contributed by atoms with Crippen LogP contribution in [0.1, 0.15) is 56.2 Å². The Hall–Kier alpha value is -4.06. The predicted octanol–water partition coefficient (Wildman–Crippen LogP) is 6.40. The number of fused-ring (bicyclic) bond motifs is 1. The number of rotatable bonds is 6. The molecule has 2 aliphatic rings. The van der Waals surface area contributed by atoms with Gasteiger partial charge in [-0.2, -0.15) is 0 Å². The number of carbonyl (C=O) groups excluding carboxylic acids is 2. The number of benzene rings is 3. The standard InChI is InChI=1S/C31H32N2O4/c1-4-17-37-29-12-8-5-9-24(29)22-18-26-30(28(35)19-22)31(21-13-15-23(36-3)16-14-21)33(20(2)34)27-11-7-6-10-25(27)32-26/h5-16,22,31-32H,4,17-19H2,1-3H3/t22-,31+/m1/s1. The summed E-state index contributed by atoms with van der Waals surface area (Å²) in [6.07, 6.45) is 1.90. The van der Waals surface area contributed by atoms with Crippen molar-refractivity contribution in [1.82, 2.24) is 0 Å². The van der Waals surface area contributed by atoms with E-state index in [9.17, 15) is 9.59 Å². The van der Waals surface area contributed by atoms with Crippen molar-refractivity contribution in [3.8, 4) is 11.5 Å². The zero-order chi connectivity index (χ0) is 25.9. The Morgan fingerprint density at radius 2 is 1.73 bits per heavy atom. The van der Waals surface area contributed by atoms with Gasteiger partial charge >= 0.3 is 0 Å². The molecule has 0 radical (unpaired) electrons. The molecule has 1 amide bonds. The van der Waals surface area contributed by atoms with Gasteiger partial charge in [-0.05, 0) is 54.3 Å². The average Bonchev–Trinajstić information content (AvgIpc) is 3.07. The van der Waals surface area contributed by atoms with Crippen molar-refractivity contribution < 1.29 is 19.1 Å². The number of methoxy groups -OCH3 is 1. The van der Waals surface area contributed by atoms with E-state index in [4.69, 9.17) is 9.47 Å². The van der Waals surface area contributed by atoms with Crippen LogP contribution < -0.4 is 19.7 Å². The van der Waals surface area contributed by atoms with Crippen LogP contribution in [0.3, 0.4) is 0 Å². The van der Waals surface area contributed by atoms with Crippen LogP contribution in [0.4, 0.5) is 11.4 Å². The monoisotopic (exact) mass is 496 g/mol. The second-order valence-corrected chi connectivity index (χ2v) is 9.51. The molecule has 2 atom stereocenters. The minimum Gasteiger partial charge on any atom is -0.497 e. The van der Waals surface area contributed by atoms with Gasteiger partial charge in [0, 0.05) is 30.5 Å². The first-order valence-corrected chi connectivity index (χ1v) is 12.8. The molecule has 0 aromatic heterocycles. The fourth-order valence-corrected chi connectivity index (χ4v) is 5.42. The quantitative estimate of drug-likeness (QED) is 0.427. The number of allylic oxidation sites excluding steroid dienone is 1. The van der Waals surface area contributed by atoms with E-state index >= 15 is 0 Å². The molecule has 5 rings (SSSR count). The summed E-state index contributed by atoms with van der Waals surface area (Å²) in [4.78, 5) is 28.9. The summed E-state index contributed by atoms with van der Waals surface area (Å²) in [5, 5.41) is 3.56. The Labute approximate surface area is 217 Å². The van der Waals surface area contributed by atoms with Gasteiger partial charge in [-0.1, -0.05) is 49.4 Å². The smallest absolute Gasteiger partial charge is 0.224 e. The van der Waals surface area contributed by atoms with E-state index < -0.39 is 6.04 Å². The molecule has 6 heteroatoms. The number of ether oxygens (including phenoxy) is 2. The molecule has 3 aromatic carbocycles. The molecule has 1 aliphatic carbocycles. The fraction of sp³-hybridized carbons (Fsp3) is 0.290. The molecule has 1 aliphatic heterocycles. The number of ketones is 1. The Bertz CT molecular complexity index is 1350. The van der Waals surface area contributed by atoms with Gasteiger partial charge in [-0.3, -0.25) is 14.5 Å². The van der Waals surface area contributed by atoms with Gasteiger partial charge in [0.2, 0.25) is 5.91 Å². The maximum atomic E-state index is 14.0. The Balaban J connectivity index is 1.65. The highest BCUT2D eigenvalue weighted by atomic mass is 16.5. The van der Waals surface area contributed by atoms with Gasteiger partial charge < -0.3 is 14.8 Å². The van der Waals surface area contributed by atoms with Crippen LogP contribution in [0.5, 0.6) is 11.5 Å². The number of Topliss-reactive ketones (excluding diaryl/α,β-unsaturated/α-hetero) is 1. The predicted molar refractivity (Wildman–Crippen MR) is 145 cm³/mol. The van der Waals surface area contributed by atoms with E-state index in [2.05, 4.69) is 18.3 Å². The normalized spacial score (nSPS) is 18.9. The van der Waals surface area contributed by atoms with Crippen LogP contribution in [0.25, 0.3) is 0 Å². The molecule has 0 unspecified atom stereocenters. The zero-order valence-corrected chi connectivity index (χ0v) is 21.5. The summed E-state index contributed by atoms with van der Waals surface area (Å²) < 4.78 is 11.4. The number of anilines is 2. The average molecular weight is 497 g/mol. The first-order valence-electron chi connectivity index (χ1n) is 12.8. The zero-order valence-electron chi connectivity index (χ0n) is 21.5.